The van der Waals surface area contributed by atoms with E-state index < -0.39 is 62.1 Å². The third-order valence-corrected chi connectivity index (χ3v) is 9.98. The van der Waals surface area contributed by atoms with E-state index in [-0.39, 0.29) is 29.0 Å². The summed E-state index contributed by atoms with van der Waals surface area (Å²) in [7, 11) is -3.64. The molecular weight excluding hydrogens is 512 g/mol. The van der Waals surface area contributed by atoms with Gasteiger partial charge >= 0.3 is 0 Å². The first-order valence-corrected chi connectivity index (χ1v) is 14.0. The van der Waals surface area contributed by atoms with E-state index in [0.29, 0.717) is 51.3 Å². The SMILES string of the molecule is O=C(C1CCO1)N1CC2(CC2)[C@H](NS(=O)(=O)C2CC2)[C@@H]1Cc1cc(F)cc(-c2cc(F)cc(F)c2)c1F. The summed E-state index contributed by atoms with van der Waals surface area (Å²) in [6.45, 7) is 0.747. The van der Waals surface area contributed by atoms with Gasteiger partial charge in [-0.15, -0.1) is 0 Å². The molecule has 2 aromatic rings. The molecule has 2 saturated heterocycles. The fourth-order valence-electron chi connectivity index (χ4n) is 5.65. The van der Waals surface area contributed by atoms with E-state index in [0.717, 1.165) is 24.3 Å². The first-order chi connectivity index (χ1) is 17.6. The number of sulfonamides is 1. The maximum absolute atomic E-state index is 15.8. The zero-order valence-electron chi connectivity index (χ0n) is 19.9. The second kappa shape index (κ2) is 8.78. The van der Waals surface area contributed by atoms with Crippen LogP contribution in [0.5, 0.6) is 0 Å². The topological polar surface area (TPSA) is 75.7 Å². The van der Waals surface area contributed by atoms with Gasteiger partial charge in [-0.3, -0.25) is 4.79 Å². The van der Waals surface area contributed by atoms with E-state index in [1.165, 1.54) is 0 Å². The molecule has 0 bridgehead atoms. The van der Waals surface area contributed by atoms with Crippen LogP contribution in [0.25, 0.3) is 11.1 Å². The minimum Gasteiger partial charge on any atom is -0.368 e. The van der Waals surface area contributed by atoms with Crippen LogP contribution >= 0.6 is 0 Å². The number of ether oxygens (including phenoxy) is 1. The summed E-state index contributed by atoms with van der Waals surface area (Å²) in [4.78, 5) is 14.8. The van der Waals surface area contributed by atoms with Gasteiger partial charge in [0, 0.05) is 36.1 Å². The Morgan fingerprint density at radius 3 is 2.22 bits per heavy atom. The number of hydrogen-bond acceptors (Lipinski definition) is 4. The molecule has 4 aliphatic rings. The smallest absolute Gasteiger partial charge is 0.252 e. The predicted octanol–water partition coefficient (Wildman–Crippen LogP) is 3.68. The average molecular weight is 539 g/mol. The van der Waals surface area contributed by atoms with Crippen molar-refractivity contribution in [2.24, 2.45) is 5.41 Å². The molecule has 3 atom stereocenters. The van der Waals surface area contributed by atoms with Gasteiger partial charge in [0.2, 0.25) is 10.0 Å². The van der Waals surface area contributed by atoms with Crippen LogP contribution in [0.15, 0.2) is 30.3 Å². The molecular formula is C26H26F4N2O4S. The molecule has 2 heterocycles. The molecule has 1 N–H and O–H groups in total. The van der Waals surface area contributed by atoms with Crippen LogP contribution in [0.1, 0.15) is 37.7 Å². The Morgan fingerprint density at radius 2 is 1.65 bits per heavy atom. The first kappa shape index (κ1) is 24.8. The monoisotopic (exact) mass is 538 g/mol. The minimum atomic E-state index is -3.64. The highest BCUT2D eigenvalue weighted by atomic mass is 32.2. The van der Waals surface area contributed by atoms with Crippen molar-refractivity contribution in [3.63, 3.8) is 0 Å². The van der Waals surface area contributed by atoms with Crippen LogP contribution in [-0.4, -0.2) is 55.8 Å². The molecule has 198 valence electrons. The molecule has 1 spiro atoms. The summed E-state index contributed by atoms with van der Waals surface area (Å²) >= 11 is 0. The van der Waals surface area contributed by atoms with Crippen LogP contribution in [-0.2, 0) is 26.0 Å². The quantitative estimate of drug-likeness (QED) is 0.546. The zero-order chi connectivity index (χ0) is 26.1. The molecule has 2 aliphatic heterocycles. The van der Waals surface area contributed by atoms with Crippen LogP contribution in [0.3, 0.4) is 0 Å². The number of nitrogens with zero attached hydrogens (tertiary/aromatic N) is 1. The molecule has 11 heteroatoms. The van der Waals surface area contributed by atoms with Crippen LogP contribution < -0.4 is 4.72 Å². The number of rotatable bonds is 7. The summed E-state index contributed by atoms with van der Waals surface area (Å²) < 4.78 is 92.1. The third kappa shape index (κ3) is 4.55. The highest BCUT2D eigenvalue weighted by Gasteiger charge is 2.62. The molecule has 0 radical (unpaired) electrons. The number of carbonyl (C=O) groups excluding carboxylic acids is 1. The summed E-state index contributed by atoms with van der Waals surface area (Å²) in [5, 5.41) is -0.482. The van der Waals surface area contributed by atoms with Gasteiger partial charge in [-0.05, 0) is 67.5 Å². The van der Waals surface area contributed by atoms with Crippen LogP contribution in [0.4, 0.5) is 17.6 Å². The Morgan fingerprint density at radius 1 is 1.00 bits per heavy atom. The largest absolute Gasteiger partial charge is 0.368 e. The Bertz CT molecular complexity index is 1350. The number of hydrogen-bond donors (Lipinski definition) is 1. The summed E-state index contributed by atoms with van der Waals surface area (Å²) in [6.07, 6.45) is 2.25. The molecule has 6 rings (SSSR count). The Balaban J connectivity index is 1.39. The van der Waals surface area contributed by atoms with E-state index in [1.807, 2.05) is 0 Å². The Hall–Kier alpha value is -2.50. The van der Waals surface area contributed by atoms with Crippen LogP contribution in [0.2, 0.25) is 0 Å². The van der Waals surface area contributed by atoms with E-state index in [9.17, 15) is 26.4 Å². The number of nitrogens with one attached hydrogen (secondary N) is 1. The molecule has 0 aromatic heterocycles. The lowest BCUT2D eigenvalue weighted by atomic mass is 9.91. The van der Waals surface area contributed by atoms with Gasteiger partial charge in [0.15, 0.2) is 0 Å². The molecule has 2 aromatic carbocycles. The zero-order valence-corrected chi connectivity index (χ0v) is 20.7. The van der Waals surface area contributed by atoms with Gasteiger partial charge in [0.25, 0.3) is 5.91 Å². The second-order valence-corrected chi connectivity index (χ2v) is 12.7. The molecule has 2 aliphatic carbocycles. The molecule has 2 saturated carbocycles. The van der Waals surface area contributed by atoms with Crippen molar-refractivity contribution in [1.29, 1.82) is 0 Å². The van der Waals surface area contributed by atoms with Gasteiger partial charge < -0.3 is 9.64 Å². The summed E-state index contributed by atoms with van der Waals surface area (Å²) in [6, 6.07) is 2.87. The van der Waals surface area contributed by atoms with Gasteiger partial charge in [-0.1, -0.05) is 0 Å². The third-order valence-electron chi connectivity index (χ3n) is 8.05. The fraction of sp³-hybridized carbons (Fsp3) is 0.500. The van der Waals surface area contributed by atoms with Crippen molar-refractivity contribution in [2.75, 3.05) is 13.2 Å². The van der Waals surface area contributed by atoms with E-state index in [2.05, 4.69) is 4.72 Å². The lowest BCUT2D eigenvalue weighted by Crippen LogP contribution is -2.53. The van der Waals surface area contributed by atoms with Crippen molar-refractivity contribution in [2.45, 2.75) is 62.0 Å². The van der Waals surface area contributed by atoms with Gasteiger partial charge in [0.05, 0.1) is 17.9 Å². The minimum absolute atomic E-state index is 0.106. The highest BCUT2D eigenvalue weighted by molar-refractivity contribution is 7.90. The highest BCUT2D eigenvalue weighted by Crippen LogP contribution is 2.56. The number of likely N-dealkylation sites (tertiary alicyclic amines) is 1. The maximum Gasteiger partial charge on any atom is 0.252 e. The fourth-order valence-corrected chi connectivity index (χ4v) is 7.36. The van der Waals surface area contributed by atoms with Crippen molar-refractivity contribution in [3.05, 3.63) is 59.2 Å². The number of amides is 1. The van der Waals surface area contributed by atoms with Crippen molar-refractivity contribution in [1.82, 2.24) is 9.62 Å². The van der Waals surface area contributed by atoms with Crippen LogP contribution in [0, 0.1) is 28.7 Å². The average Bonchev–Trinajstić information content (AvgIpc) is 3.69. The van der Waals surface area contributed by atoms with Crippen molar-refractivity contribution >= 4 is 15.9 Å². The van der Waals surface area contributed by atoms with Gasteiger partial charge in [0.1, 0.15) is 29.4 Å². The molecule has 6 nitrogen and oxygen atoms in total. The first-order valence-electron chi connectivity index (χ1n) is 12.4. The molecule has 1 unspecified atom stereocenters. The van der Waals surface area contributed by atoms with Crippen molar-refractivity contribution in [3.8, 4) is 11.1 Å². The Kier molecular flexibility index (Phi) is 5.89. The Labute approximate surface area is 212 Å². The van der Waals surface area contributed by atoms with Crippen molar-refractivity contribution < 1.29 is 35.5 Å². The number of halogens is 4. The van der Waals surface area contributed by atoms with E-state index in [1.54, 1.807) is 4.90 Å². The lowest BCUT2D eigenvalue weighted by molar-refractivity contribution is -0.157. The lowest BCUT2D eigenvalue weighted by Gasteiger charge is -2.34. The van der Waals surface area contributed by atoms with E-state index in [4.69, 9.17) is 4.74 Å². The second-order valence-electron chi connectivity index (χ2n) is 10.7. The standard InChI is InChI=1S/C26H26F4N2O4S/c27-16-7-14(8-17(28)11-16)20-12-18(29)9-15(23(20)30)10-21-24(31-37(34,35)19-1-2-19)26(4-5-26)13-32(21)25(33)22-3-6-36-22/h7-9,11-12,19,21-22,24,31H,1-6,10,13H2/t21-,22?,24+/m0/s1. The molecule has 1 amide bonds. The number of carbonyl (C=O) groups is 1. The van der Waals surface area contributed by atoms with E-state index >= 15 is 4.39 Å². The van der Waals surface area contributed by atoms with Gasteiger partial charge in [-0.25, -0.2) is 30.7 Å². The summed E-state index contributed by atoms with van der Waals surface area (Å²) in [5.74, 6) is -3.85. The predicted molar refractivity (Wildman–Crippen MR) is 126 cm³/mol. The number of benzene rings is 2. The normalized spacial score (nSPS) is 26.4. The molecule has 4 fully saturated rings. The summed E-state index contributed by atoms with van der Waals surface area (Å²) in [5.41, 5.74) is -1.06. The molecule has 37 heavy (non-hydrogen) atoms. The maximum atomic E-state index is 15.8. The van der Waals surface area contributed by atoms with Gasteiger partial charge in [-0.2, -0.15) is 0 Å².